The standard InChI is InChI=1S/C23H27F3N2O/c1-29-21-14-16-9-10-20(23(24,25)26)19(16)13-18(21)12-17-8-5-11-28(27)22(17)15-6-3-2-4-7-15/h2-4,6-7,13-14,17,20,22H,5,8-12,27H2,1H3/t17-,20?,22+/m0/s1. The van der Waals surface area contributed by atoms with Gasteiger partial charge in [-0.05, 0) is 66.3 Å². The number of aryl methyl sites for hydroxylation is 1. The number of methoxy groups -OCH3 is 1. The summed E-state index contributed by atoms with van der Waals surface area (Å²) in [6, 6.07) is 13.7. The van der Waals surface area contributed by atoms with Crippen LogP contribution in [0, 0.1) is 5.92 Å². The molecule has 1 aliphatic heterocycles. The molecule has 3 atom stereocenters. The van der Waals surface area contributed by atoms with Crippen molar-refractivity contribution in [3.8, 4) is 5.75 Å². The molecule has 1 aliphatic carbocycles. The van der Waals surface area contributed by atoms with Gasteiger partial charge in [-0.2, -0.15) is 13.2 Å². The summed E-state index contributed by atoms with van der Waals surface area (Å²) >= 11 is 0. The van der Waals surface area contributed by atoms with Gasteiger partial charge in [0.1, 0.15) is 5.75 Å². The van der Waals surface area contributed by atoms with Gasteiger partial charge in [0.25, 0.3) is 0 Å². The predicted octanol–water partition coefficient (Wildman–Crippen LogP) is 5.16. The third-order valence-electron chi connectivity index (χ3n) is 6.43. The largest absolute Gasteiger partial charge is 0.496 e. The maximum atomic E-state index is 13.5. The number of ether oxygens (including phenoxy) is 1. The first-order valence-electron chi connectivity index (χ1n) is 10.2. The summed E-state index contributed by atoms with van der Waals surface area (Å²) in [6.45, 7) is 0.813. The van der Waals surface area contributed by atoms with Crippen molar-refractivity contribution in [1.82, 2.24) is 5.01 Å². The highest BCUT2D eigenvalue weighted by molar-refractivity contribution is 5.47. The second kappa shape index (κ2) is 8.00. The second-order valence-corrected chi connectivity index (χ2v) is 8.20. The van der Waals surface area contributed by atoms with Gasteiger partial charge in [-0.25, -0.2) is 5.01 Å². The molecule has 0 amide bonds. The van der Waals surface area contributed by atoms with E-state index in [1.807, 2.05) is 29.3 Å². The van der Waals surface area contributed by atoms with Crippen LogP contribution in [0.25, 0.3) is 0 Å². The van der Waals surface area contributed by atoms with Crippen molar-refractivity contribution in [3.63, 3.8) is 0 Å². The molecule has 6 heteroatoms. The van der Waals surface area contributed by atoms with Crippen molar-refractivity contribution in [2.45, 2.75) is 50.2 Å². The summed E-state index contributed by atoms with van der Waals surface area (Å²) in [7, 11) is 1.59. The van der Waals surface area contributed by atoms with Crippen molar-refractivity contribution in [2.24, 2.45) is 11.8 Å². The molecule has 2 aromatic rings. The van der Waals surface area contributed by atoms with Gasteiger partial charge in [0.2, 0.25) is 0 Å². The van der Waals surface area contributed by atoms with Gasteiger partial charge in [0.15, 0.2) is 0 Å². The normalized spacial score (nSPS) is 25.1. The second-order valence-electron chi connectivity index (χ2n) is 8.20. The molecule has 0 radical (unpaired) electrons. The van der Waals surface area contributed by atoms with Gasteiger partial charge in [-0.15, -0.1) is 0 Å². The highest BCUT2D eigenvalue weighted by Crippen LogP contribution is 2.47. The molecule has 2 aromatic carbocycles. The number of piperidine rings is 1. The van der Waals surface area contributed by atoms with Crippen LogP contribution in [-0.2, 0) is 12.8 Å². The van der Waals surface area contributed by atoms with Gasteiger partial charge in [0, 0.05) is 6.54 Å². The zero-order valence-corrected chi connectivity index (χ0v) is 16.6. The average Bonchev–Trinajstić information content (AvgIpc) is 3.11. The van der Waals surface area contributed by atoms with Crippen LogP contribution in [0.2, 0.25) is 0 Å². The summed E-state index contributed by atoms with van der Waals surface area (Å²) in [4.78, 5) is 0. The van der Waals surface area contributed by atoms with Crippen LogP contribution in [0.3, 0.4) is 0 Å². The van der Waals surface area contributed by atoms with E-state index in [9.17, 15) is 13.2 Å². The summed E-state index contributed by atoms with van der Waals surface area (Å²) in [5.41, 5.74) is 3.18. The van der Waals surface area contributed by atoms with Gasteiger partial charge < -0.3 is 4.74 Å². The molecule has 3 nitrogen and oxygen atoms in total. The van der Waals surface area contributed by atoms with Crippen molar-refractivity contribution in [3.05, 3.63) is 64.7 Å². The van der Waals surface area contributed by atoms with Crippen LogP contribution in [0.5, 0.6) is 5.75 Å². The Kier molecular flexibility index (Phi) is 5.58. The summed E-state index contributed by atoms with van der Waals surface area (Å²) < 4.78 is 46.1. The van der Waals surface area contributed by atoms with Crippen LogP contribution in [0.15, 0.2) is 42.5 Å². The molecule has 1 saturated heterocycles. The highest BCUT2D eigenvalue weighted by atomic mass is 19.4. The Morgan fingerprint density at radius 2 is 1.90 bits per heavy atom. The number of hydrazine groups is 1. The number of hydrogen-bond donors (Lipinski definition) is 1. The van der Waals surface area contributed by atoms with E-state index < -0.39 is 12.1 Å². The van der Waals surface area contributed by atoms with Gasteiger partial charge in [-0.1, -0.05) is 36.4 Å². The lowest BCUT2D eigenvalue weighted by molar-refractivity contribution is -0.149. The Balaban J connectivity index is 1.67. The highest BCUT2D eigenvalue weighted by Gasteiger charge is 2.44. The Hall–Kier alpha value is -2.05. The SMILES string of the molecule is COc1cc2c(cc1C[C@@H]1CCCN(N)[C@@H]1c1ccccc1)C(C(F)(F)F)CC2. The smallest absolute Gasteiger partial charge is 0.395 e. The summed E-state index contributed by atoms with van der Waals surface area (Å²) in [5.74, 6) is 5.88. The van der Waals surface area contributed by atoms with E-state index in [1.54, 1.807) is 13.2 Å². The molecule has 1 fully saturated rings. The first-order chi connectivity index (χ1) is 13.9. The van der Waals surface area contributed by atoms with Gasteiger partial charge in [0.05, 0.1) is 19.1 Å². The van der Waals surface area contributed by atoms with Crippen LogP contribution < -0.4 is 10.6 Å². The quantitative estimate of drug-likeness (QED) is 0.716. The third-order valence-corrected chi connectivity index (χ3v) is 6.43. The number of hydrogen-bond acceptors (Lipinski definition) is 3. The number of alkyl halides is 3. The number of nitrogens with two attached hydrogens (primary N) is 1. The first-order valence-corrected chi connectivity index (χ1v) is 10.2. The molecular formula is C23H27F3N2O. The lowest BCUT2D eigenvalue weighted by atomic mass is 9.81. The minimum absolute atomic E-state index is 0.0429. The van der Waals surface area contributed by atoms with Crippen LogP contribution in [0.4, 0.5) is 13.2 Å². The Morgan fingerprint density at radius 3 is 2.59 bits per heavy atom. The molecule has 29 heavy (non-hydrogen) atoms. The monoisotopic (exact) mass is 404 g/mol. The number of rotatable bonds is 4. The maximum absolute atomic E-state index is 13.5. The predicted molar refractivity (Wildman–Crippen MR) is 107 cm³/mol. The summed E-state index contributed by atoms with van der Waals surface area (Å²) in [5, 5.41) is 1.88. The topological polar surface area (TPSA) is 38.5 Å². The number of fused-ring (bicyclic) bond motifs is 1. The van der Waals surface area contributed by atoms with E-state index in [-0.39, 0.29) is 18.4 Å². The summed E-state index contributed by atoms with van der Waals surface area (Å²) in [6.07, 6.45) is -1.03. The first kappa shape index (κ1) is 20.2. The number of nitrogens with zero attached hydrogens (tertiary/aromatic N) is 1. The van der Waals surface area contributed by atoms with Crippen molar-refractivity contribution in [1.29, 1.82) is 0 Å². The molecule has 2 aliphatic rings. The minimum atomic E-state index is -4.21. The van der Waals surface area contributed by atoms with Crippen LogP contribution in [-0.4, -0.2) is 24.8 Å². The Labute approximate surface area is 169 Å². The zero-order chi connectivity index (χ0) is 20.6. The maximum Gasteiger partial charge on any atom is 0.395 e. The molecule has 2 N–H and O–H groups in total. The van der Waals surface area contributed by atoms with Gasteiger partial charge in [-0.3, -0.25) is 5.84 Å². The van der Waals surface area contributed by atoms with Gasteiger partial charge >= 0.3 is 6.18 Å². The molecular weight excluding hydrogens is 377 g/mol. The number of halogens is 3. The average molecular weight is 404 g/mol. The molecule has 4 rings (SSSR count). The fraction of sp³-hybridized carbons (Fsp3) is 0.478. The molecule has 0 aromatic heterocycles. The molecule has 1 unspecified atom stereocenters. The van der Waals surface area contributed by atoms with E-state index in [2.05, 4.69) is 12.1 Å². The van der Waals surface area contributed by atoms with E-state index >= 15 is 0 Å². The van der Waals surface area contributed by atoms with E-state index in [0.29, 0.717) is 24.2 Å². The van der Waals surface area contributed by atoms with E-state index in [4.69, 9.17) is 10.6 Å². The fourth-order valence-corrected chi connectivity index (χ4v) is 5.09. The molecule has 1 heterocycles. The fourth-order valence-electron chi connectivity index (χ4n) is 5.09. The van der Waals surface area contributed by atoms with E-state index in [0.717, 1.165) is 36.1 Å². The van der Waals surface area contributed by atoms with E-state index in [1.165, 1.54) is 0 Å². The molecule has 0 saturated carbocycles. The van der Waals surface area contributed by atoms with Crippen LogP contribution in [0.1, 0.15) is 53.5 Å². The zero-order valence-electron chi connectivity index (χ0n) is 16.6. The van der Waals surface area contributed by atoms with Crippen LogP contribution >= 0.6 is 0 Å². The Morgan fingerprint density at radius 1 is 1.14 bits per heavy atom. The molecule has 0 spiro atoms. The van der Waals surface area contributed by atoms with Crippen molar-refractivity contribution >= 4 is 0 Å². The lowest BCUT2D eigenvalue weighted by Crippen LogP contribution is -2.44. The lowest BCUT2D eigenvalue weighted by Gasteiger charge is -2.39. The minimum Gasteiger partial charge on any atom is -0.496 e. The third kappa shape index (κ3) is 4.01. The number of benzene rings is 2. The molecule has 0 bridgehead atoms. The molecule has 156 valence electrons. The van der Waals surface area contributed by atoms with Crippen molar-refractivity contribution in [2.75, 3.05) is 13.7 Å². The Bertz CT molecular complexity index is 853. The van der Waals surface area contributed by atoms with Crippen molar-refractivity contribution < 1.29 is 17.9 Å².